The number of aryl methyl sites for hydroxylation is 1. The number of fused-ring (bicyclic) bond motifs is 5. The molecule has 7 rings (SSSR count). The molecule has 6 atom stereocenters. The van der Waals surface area contributed by atoms with Crippen LogP contribution >= 0.6 is 0 Å². The Kier molecular flexibility index (Phi) is 10.8. The second kappa shape index (κ2) is 14.9. The number of sulfonamides is 1. The Balaban J connectivity index is 1.27. The maximum atomic E-state index is 16.9. The van der Waals surface area contributed by atoms with Gasteiger partial charge < -0.3 is 19.1 Å². The van der Waals surface area contributed by atoms with Crippen LogP contribution in [0.4, 0.5) is 4.39 Å². The number of Topliss-reactive ketones (excluding diaryl/α,β-unsaturated/α-hetero) is 1. The summed E-state index contributed by atoms with van der Waals surface area (Å²) in [4.78, 5) is 63.2. The summed E-state index contributed by atoms with van der Waals surface area (Å²) in [5, 5.41) is 0.553. The average molecular weight is 810 g/mol. The number of pyridine rings is 1. The summed E-state index contributed by atoms with van der Waals surface area (Å²) in [6, 6.07) is 4.16. The van der Waals surface area contributed by atoms with Crippen LogP contribution in [0.25, 0.3) is 10.9 Å². The number of esters is 1. The molecule has 0 bridgehead atoms. The molecule has 2 amide bonds. The molecule has 2 aromatic rings. The van der Waals surface area contributed by atoms with Crippen molar-refractivity contribution in [2.75, 3.05) is 13.7 Å². The molecule has 2 saturated carbocycles. The van der Waals surface area contributed by atoms with E-state index in [9.17, 15) is 27.6 Å². The van der Waals surface area contributed by atoms with Gasteiger partial charge in [-0.05, 0) is 96.8 Å². The fourth-order valence-electron chi connectivity index (χ4n) is 9.04. The van der Waals surface area contributed by atoms with Crippen LogP contribution in [-0.2, 0) is 40.4 Å². The number of hydrogen-bond acceptors (Lipinski definition) is 10. The Morgan fingerprint density at radius 3 is 2.54 bits per heavy atom. The molecule has 3 fully saturated rings. The van der Waals surface area contributed by atoms with Gasteiger partial charge in [-0.25, -0.2) is 17.8 Å². The van der Waals surface area contributed by atoms with Crippen LogP contribution in [0.15, 0.2) is 30.4 Å². The van der Waals surface area contributed by atoms with E-state index >= 15 is 4.39 Å². The highest BCUT2D eigenvalue weighted by Crippen LogP contribution is 2.58. The van der Waals surface area contributed by atoms with E-state index in [1.54, 1.807) is 45.9 Å². The largest absolute Gasteiger partial charge is 0.497 e. The van der Waals surface area contributed by atoms with Gasteiger partial charge in [0.25, 0.3) is 0 Å². The summed E-state index contributed by atoms with van der Waals surface area (Å²) < 4.78 is 62.7. The first-order chi connectivity index (χ1) is 26.8. The molecule has 0 unspecified atom stereocenters. The van der Waals surface area contributed by atoms with Gasteiger partial charge in [-0.1, -0.05) is 31.9 Å². The molecule has 1 spiro atoms. The van der Waals surface area contributed by atoms with E-state index in [4.69, 9.17) is 19.2 Å². The summed E-state index contributed by atoms with van der Waals surface area (Å²) >= 11 is 0. The number of carbonyl (C=O) groups is 4. The number of ketones is 1. The van der Waals surface area contributed by atoms with Crippen LogP contribution in [0.5, 0.6) is 11.5 Å². The maximum absolute atomic E-state index is 16.9. The number of nitrogens with zero attached hydrogens (tertiary/aromatic N) is 2. The minimum Gasteiger partial charge on any atom is -0.497 e. The standard InChI is InChI=1S/C43H56FN3O9S/c1-7-31-37-36(29-20-28(54-6)15-16-32(29)45-31)30(44)22-42(56-37)23-33-34(48)24-43(39(51)46-57(52,53)41(5)17-18-41)21-27(43)14-12-10-8-9-11-13-26(38(50)47(33)25-42)19-35(49)55-40(2,3)4/h12,14-16,20,26-27,30,33H,7-11,13,17-19,21-25H2,1-6H3,(H,46,51)/b14-12-/t26-,27-,30-,33+,42-,43-/m1/s1. The molecule has 14 heteroatoms. The number of hydrogen-bond donors (Lipinski definition) is 1. The van der Waals surface area contributed by atoms with E-state index in [1.165, 1.54) is 12.0 Å². The van der Waals surface area contributed by atoms with Crippen LogP contribution in [0, 0.1) is 17.3 Å². The summed E-state index contributed by atoms with van der Waals surface area (Å²) in [6.45, 7) is 8.65. The first-order valence-electron chi connectivity index (χ1n) is 20.5. The fraction of sp³-hybridized carbons (Fsp3) is 0.651. The summed E-state index contributed by atoms with van der Waals surface area (Å²) in [5.74, 6) is -2.49. The van der Waals surface area contributed by atoms with E-state index in [1.807, 2.05) is 19.1 Å². The lowest BCUT2D eigenvalue weighted by atomic mass is 9.84. The van der Waals surface area contributed by atoms with Gasteiger partial charge in [0.05, 0.1) is 47.5 Å². The molecule has 1 saturated heterocycles. The molecule has 5 aliphatic rings. The topological polar surface area (TPSA) is 158 Å². The van der Waals surface area contributed by atoms with Crippen molar-refractivity contribution in [3.63, 3.8) is 0 Å². The molecule has 1 N–H and O–H groups in total. The van der Waals surface area contributed by atoms with Crippen molar-refractivity contribution >= 4 is 44.5 Å². The molecule has 0 radical (unpaired) electrons. The van der Waals surface area contributed by atoms with Crippen LogP contribution in [0.3, 0.4) is 0 Å². The first kappa shape index (κ1) is 41.1. The van der Waals surface area contributed by atoms with E-state index in [-0.39, 0.29) is 50.3 Å². The van der Waals surface area contributed by atoms with E-state index in [0.29, 0.717) is 66.4 Å². The SMILES string of the molecule is CCc1nc2ccc(OC)cc2c2c1O[C@]1(C[C@H]2F)C[C@H]2C(=O)C[C@]3(C(=O)NS(=O)(=O)C4(C)CC4)C[C@H]3/C=C\CCCCC[C@H](CC(=O)OC(C)(C)C)C(=O)N2C1. The number of carbonyl (C=O) groups excluding carboxylic acids is 4. The zero-order valence-corrected chi connectivity index (χ0v) is 34.8. The van der Waals surface area contributed by atoms with Gasteiger partial charge in [0.2, 0.25) is 21.8 Å². The van der Waals surface area contributed by atoms with Gasteiger partial charge in [0, 0.05) is 36.1 Å². The van der Waals surface area contributed by atoms with Gasteiger partial charge in [0.15, 0.2) is 5.78 Å². The Hall–Kier alpha value is -4.07. The Bertz CT molecular complexity index is 2110. The third kappa shape index (κ3) is 8.04. The zero-order chi connectivity index (χ0) is 41.1. The Labute approximate surface area is 334 Å². The van der Waals surface area contributed by atoms with Gasteiger partial charge in [-0.2, -0.15) is 0 Å². The molecule has 4 heterocycles. The molecule has 3 aliphatic heterocycles. The van der Waals surface area contributed by atoms with Crippen molar-refractivity contribution in [2.24, 2.45) is 17.3 Å². The summed E-state index contributed by atoms with van der Waals surface area (Å²) in [5.41, 5.74) is -1.95. The minimum atomic E-state index is -3.99. The van der Waals surface area contributed by atoms with Gasteiger partial charge in [-0.15, -0.1) is 0 Å². The average Bonchev–Trinajstić information content (AvgIpc) is 4.03. The molecular weight excluding hydrogens is 754 g/mol. The van der Waals surface area contributed by atoms with Gasteiger partial charge in [0.1, 0.15) is 28.9 Å². The number of aromatic nitrogens is 1. The quantitative estimate of drug-likeness (QED) is 0.234. The third-order valence-corrected chi connectivity index (χ3v) is 14.9. The normalized spacial score (nSPS) is 30.5. The summed E-state index contributed by atoms with van der Waals surface area (Å²) in [7, 11) is -2.46. The van der Waals surface area contributed by atoms with Crippen LogP contribution in [0.2, 0.25) is 0 Å². The van der Waals surface area contributed by atoms with Gasteiger partial charge >= 0.3 is 5.97 Å². The molecule has 57 heavy (non-hydrogen) atoms. The second-order valence-electron chi connectivity index (χ2n) is 18.2. The van der Waals surface area contributed by atoms with Crippen LogP contribution in [0.1, 0.15) is 129 Å². The lowest BCUT2D eigenvalue weighted by Crippen LogP contribution is -2.48. The molecule has 12 nitrogen and oxygen atoms in total. The maximum Gasteiger partial charge on any atom is 0.307 e. The van der Waals surface area contributed by atoms with Crippen molar-refractivity contribution < 1.29 is 46.2 Å². The molecular formula is C43H56FN3O9S. The number of halogens is 1. The van der Waals surface area contributed by atoms with E-state index < -0.39 is 73.1 Å². The number of ether oxygens (including phenoxy) is 3. The smallest absolute Gasteiger partial charge is 0.307 e. The lowest BCUT2D eigenvalue weighted by molar-refractivity contribution is -0.159. The number of amides is 2. The number of rotatable bonds is 7. The molecule has 1 aromatic carbocycles. The van der Waals surface area contributed by atoms with Crippen LogP contribution < -0.4 is 14.2 Å². The number of benzene rings is 1. The summed E-state index contributed by atoms with van der Waals surface area (Å²) in [6.07, 6.45) is 6.54. The highest BCUT2D eigenvalue weighted by Gasteiger charge is 2.64. The minimum absolute atomic E-state index is 0.0511. The third-order valence-electron chi connectivity index (χ3n) is 12.7. The monoisotopic (exact) mass is 809 g/mol. The number of allylic oxidation sites excluding steroid dienone is 2. The molecule has 2 aliphatic carbocycles. The predicted molar refractivity (Wildman–Crippen MR) is 211 cm³/mol. The van der Waals surface area contributed by atoms with Crippen molar-refractivity contribution in [3.8, 4) is 11.5 Å². The number of alkyl halides is 1. The Morgan fingerprint density at radius 1 is 1.11 bits per heavy atom. The van der Waals surface area contributed by atoms with Crippen LogP contribution in [-0.4, -0.2) is 77.5 Å². The predicted octanol–water partition coefficient (Wildman–Crippen LogP) is 6.77. The second-order valence-corrected chi connectivity index (χ2v) is 20.4. The Morgan fingerprint density at radius 2 is 1.86 bits per heavy atom. The van der Waals surface area contributed by atoms with Crippen molar-refractivity contribution in [1.29, 1.82) is 0 Å². The zero-order valence-electron chi connectivity index (χ0n) is 34.0. The fourth-order valence-corrected chi connectivity index (χ4v) is 10.4. The highest BCUT2D eigenvalue weighted by molar-refractivity contribution is 7.91. The van der Waals surface area contributed by atoms with Gasteiger partial charge in [-0.3, -0.25) is 23.9 Å². The molecule has 310 valence electrons. The van der Waals surface area contributed by atoms with E-state index in [0.717, 1.165) is 12.8 Å². The van der Waals surface area contributed by atoms with Crippen molar-refractivity contribution in [3.05, 3.63) is 41.6 Å². The van der Waals surface area contributed by atoms with Crippen molar-refractivity contribution in [1.82, 2.24) is 14.6 Å². The number of methoxy groups -OCH3 is 1. The van der Waals surface area contributed by atoms with E-state index in [2.05, 4.69) is 4.72 Å². The number of nitrogens with one attached hydrogen (secondary N) is 1. The molecule has 1 aromatic heterocycles. The lowest BCUT2D eigenvalue weighted by Gasteiger charge is -2.38. The van der Waals surface area contributed by atoms with Crippen molar-refractivity contribution in [2.45, 2.75) is 146 Å². The highest BCUT2D eigenvalue weighted by atomic mass is 32.2. The first-order valence-corrected chi connectivity index (χ1v) is 21.9.